The summed E-state index contributed by atoms with van der Waals surface area (Å²) < 4.78 is 57.5. The van der Waals surface area contributed by atoms with Gasteiger partial charge in [0.15, 0.2) is 5.82 Å². The molecule has 2 aromatic heterocycles. The van der Waals surface area contributed by atoms with Crippen LogP contribution in [0.25, 0.3) is 22.2 Å². The van der Waals surface area contributed by atoms with Gasteiger partial charge >= 0.3 is 0 Å². The summed E-state index contributed by atoms with van der Waals surface area (Å²) in [6, 6.07) is 8.80. The van der Waals surface area contributed by atoms with Gasteiger partial charge in [-0.2, -0.15) is 0 Å². The van der Waals surface area contributed by atoms with E-state index in [0.717, 1.165) is 17.7 Å². The number of nitrogens with one attached hydrogen (secondary N) is 1. The highest BCUT2D eigenvalue weighted by atomic mass is 35.5. The average molecular weight is 589 g/mol. The van der Waals surface area contributed by atoms with Crippen LogP contribution in [0.5, 0.6) is 0 Å². The number of hydrogen-bond donors (Lipinski definition) is 2. The predicted molar refractivity (Wildman–Crippen MR) is 151 cm³/mol. The Hall–Kier alpha value is -3.67. The SMILES string of the molecule is CCCS(=O)(=O)N(C(=O)[C@H](N)C(C)C)c1ccc(F)c(C(=O)c2c[nH]c3ncc(-c4ccc(Cl)cc4)cc23)c1F. The van der Waals surface area contributed by atoms with Gasteiger partial charge in [-0.05, 0) is 48.2 Å². The summed E-state index contributed by atoms with van der Waals surface area (Å²) in [5, 5.41) is 0.818. The number of sulfonamides is 1. The Morgan fingerprint density at radius 3 is 2.40 bits per heavy atom. The van der Waals surface area contributed by atoms with Gasteiger partial charge in [-0.1, -0.05) is 44.5 Å². The molecule has 40 heavy (non-hydrogen) atoms. The Labute approximate surface area is 235 Å². The van der Waals surface area contributed by atoms with Crippen molar-refractivity contribution in [1.82, 2.24) is 9.97 Å². The number of benzene rings is 2. The molecule has 2 heterocycles. The number of rotatable bonds is 9. The van der Waals surface area contributed by atoms with Crippen molar-refractivity contribution in [2.75, 3.05) is 10.1 Å². The number of aromatic nitrogens is 2. The lowest BCUT2D eigenvalue weighted by Crippen LogP contribution is -2.50. The lowest BCUT2D eigenvalue weighted by atomic mass is 9.99. The van der Waals surface area contributed by atoms with Crippen molar-refractivity contribution >= 4 is 50.0 Å². The van der Waals surface area contributed by atoms with Crippen LogP contribution in [-0.4, -0.2) is 41.9 Å². The third kappa shape index (κ3) is 5.49. The Balaban J connectivity index is 1.86. The third-order valence-corrected chi connectivity index (χ3v) is 8.52. The van der Waals surface area contributed by atoms with Crippen LogP contribution in [-0.2, 0) is 14.8 Å². The molecule has 8 nitrogen and oxygen atoms in total. The van der Waals surface area contributed by atoms with Gasteiger partial charge in [0.1, 0.15) is 11.5 Å². The number of aromatic amines is 1. The van der Waals surface area contributed by atoms with Crippen molar-refractivity contribution < 1.29 is 26.8 Å². The molecule has 0 aliphatic rings. The van der Waals surface area contributed by atoms with E-state index in [0.29, 0.717) is 16.2 Å². The number of carbonyl (C=O) groups excluding carboxylic acids is 2. The summed E-state index contributed by atoms with van der Waals surface area (Å²) in [5.74, 6) is -5.85. The number of halogens is 3. The van der Waals surface area contributed by atoms with Crippen molar-refractivity contribution in [3.63, 3.8) is 0 Å². The molecule has 210 valence electrons. The van der Waals surface area contributed by atoms with Gasteiger partial charge in [0, 0.05) is 33.9 Å². The fraction of sp³-hybridized carbons (Fsp3) is 0.250. The minimum atomic E-state index is -4.40. The molecular formula is C28H27ClF2N4O4S. The first kappa shape index (κ1) is 29.3. The largest absolute Gasteiger partial charge is 0.345 e. The standard InChI is InChI=1S/C28H27ClF2N4O4S/c1-4-11-40(38,39)35(28(37)25(32)15(2)3)22-10-9-21(30)23(24(22)31)26(36)20-14-34-27-19(20)12-17(13-33-27)16-5-7-18(29)8-6-16/h5-10,12-15,25H,4,11,32H2,1-3H3,(H,33,34)/t25-/m1/s1. The van der Waals surface area contributed by atoms with Crippen LogP contribution in [0.3, 0.4) is 0 Å². The fourth-order valence-electron chi connectivity index (χ4n) is 4.21. The van der Waals surface area contributed by atoms with Crippen molar-refractivity contribution in [2.24, 2.45) is 11.7 Å². The minimum absolute atomic E-state index is 0.0959. The van der Waals surface area contributed by atoms with E-state index in [1.165, 1.54) is 6.20 Å². The Morgan fingerprint density at radius 2 is 1.77 bits per heavy atom. The maximum absolute atomic E-state index is 16.0. The second-order valence-corrected chi connectivity index (χ2v) is 12.0. The maximum atomic E-state index is 16.0. The number of amides is 1. The molecule has 4 aromatic rings. The Morgan fingerprint density at radius 1 is 1.10 bits per heavy atom. The number of nitrogens with zero attached hydrogens (tertiary/aromatic N) is 2. The highest BCUT2D eigenvalue weighted by Crippen LogP contribution is 2.32. The van der Waals surface area contributed by atoms with E-state index in [1.807, 2.05) is 0 Å². The molecule has 0 aliphatic carbocycles. The summed E-state index contributed by atoms with van der Waals surface area (Å²) in [5.41, 5.74) is 5.71. The van der Waals surface area contributed by atoms with Crippen LogP contribution in [0.4, 0.5) is 14.5 Å². The molecule has 1 atom stereocenters. The van der Waals surface area contributed by atoms with Gasteiger partial charge in [0.05, 0.1) is 23.0 Å². The van der Waals surface area contributed by atoms with E-state index in [4.69, 9.17) is 17.3 Å². The second kappa shape index (κ2) is 11.4. The summed E-state index contributed by atoms with van der Waals surface area (Å²) >= 11 is 5.97. The van der Waals surface area contributed by atoms with Gasteiger partial charge in [-0.15, -0.1) is 0 Å². The van der Waals surface area contributed by atoms with E-state index < -0.39 is 62.3 Å². The number of fused-ring (bicyclic) bond motifs is 1. The van der Waals surface area contributed by atoms with Crippen molar-refractivity contribution in [3.8, 4) is 11.1 Å². The molecule has 2 aromatic carbocycles. The molecule has 12 heteroatoms. The summed E-state index contributed by atoms with van der Waals surface area (Å²) in [4.78, 5) is 33.9. The smallest absolute Gasteiger partial charge is 0.257 e. The van der Waals surface area contributed by atoms with Gasteiger partial charge in [0.25, 0.3) is 5.91 Å². The van der Waals surface area contributed by atoms with Crippen molar-refractivity contribution in [1.29, 1.82) is 0 Å². The highest BCUT2D eigenvalue weighted by molar-refractivity contribution is 7.93. The van der Waals surface area contributed by atoms with Gasteiger partial charge in [-0.25, -0.2) is 26.5 Å². The van der Waals surface area contributed by atoms with Gasteiger partial charge in [-0.3, -0.25) is 9.59 Å². The Bertz CT molecular complexity index is 1710. The second-order valence-electron chi connectivity index (χ2n) is 9.60. The van der Waals surface area contributed by atoms with E-state index in [1.54, 1.807) is 57.3 Å². The van der Waals surface area contributed by atoms with Crippen molar-refractivity contribution in [2.45, 2.75) is 33.2 Å². The van der Waals surface area contributed by atoms with Crippen LogP contribution >= 0.6 is 11.6 Å². The molecule has 0 unspecified atom stereocenters. The zero-order valence-corrected chi connectivity index (χ0v) is 23.5. The molecule has 4 rings (SSSR count). The first-order valence-electron chi connectivity index (χ1n) is 12.5. The van der Waals surface area contributed by atoms with E-state index in [2.05, 4.69) is 9.97 Å². The number of carbonyl (C=O) groups is 2. The van der Waals surface area contributed by atoms with Crippen LogP contribution in [0, 0.1) is 17.6 Å². The zero-order valence-electron chi connectivity index (χ0n) is 21.9. The predicted octanol–water partition coefficient (Wildman–Crippen LogP) is 5.45. The molecule has 0 bridgehead atoms. The van der Waals surface area contributed by atoms with Crippen LogP contribution in [0.1, 0.15) is 43.1 Å². The molecule has 0 fully saturated rings. The van der Waals surface area contributed by atoms with Crippen molar-refractivity contribution in [3.05, 3.63) is 82.6 Å². The summed E-state index contributed by atoms with van der Waals surface area (Å²) in [6.45, 7) is 4.78. The van der Waals surface area contributed by atoms with Gasteiger partial charge < -0.3 is 10.7 Å². The first-order chi connectivity index (χ1) is 18.9. The minimum Gasteiger partial charge on any atom is -0.345 e. The third-order valence-electron chi connectivity index (χ3n) is 6.41. The lowest BCUT2D eigenvalue weighted by molar-refractivity contribution is -0.119. The number of H-pyrrole nitrogens is 1. The number of ketones is 1. The number of pyridine rings is 1. The monoisotopic (exact) mass is 588 g/mol. The Kier molecular flexibility index (Phi) is 8.38. The fourth-order valence-corrected chi connectivity index (χ4v) is 5.87. The number of anilines is 1. The normalized spacial score (nSPS) is 12.6. The molecule has 0 aliphatic heterocycles. The van der Waals surface area contributed by atoms with Crippen LogP contribution in [0.2, 0.25) is 5.02 Å². The molecule has 0 saturated heterocycles. The molecule has 0 radical (unpaired) electrons. The highest BCUT2D eigenvalue weighted by Gasteiger charge is 2.37. The molecule has 0 spiro atoms. The first-order valence-corrected chi connectivity index (χ1v) is 14.4. The average Bonchev–Trinajstić information content (AvgIpc) is 3.33. The number of hydrogen-bond acceptors (Lipinski definition) is 6. The van der Waals surface area contributed by atoms with Gasteiger partial charge in [0.2, 0.25) is 15.8 Å². The van der Waals surface area contributed by atoms with E-state index in [-0.39, 0.29) is 21.7 Å². The molecular weight excluding hydrogens is 562 g/mol. The summed E-state index contributed by atoms with van der Waals surface area (Å²) in [7, 11) is -4.40. The molecule has 0 saturated carbocycles. The molecule has 1 amide bonds. The summed E-state index contributed by atoms with van der Waals surface area (Å²) in [6.07, 6.45) is 2.96. The van der Waals surface area contributed by atoms with E-state index >= 15 is 8.78 Å². The quantitative estimate of drug-likeness (QED) is 0.250. The van der Waals surface area contributed by atoms with Crippen LogP contribution in [0.15, 0.2) is 54.9 Å². The van der Waals surface area contributed by atoms with E-state index in [9.17, 15) is 18.0 Å². The van der Waals surface area contributed by atoms with Crippen LogP contribution < -0.4 is 10.0 Å². The maximum Gasteiger partial charge on any atom is 0.257 e. The molecule has 3 N–H and O–H groups in total. The lowest BCUT2D eigenvalue weighted by Gasteiger charge is -2.27. The zero-order chi connectivity index (χ0) is 29.4. The number of nitrogens with two attached hydrogens (primary N) is 1. The topological polar surface area (TPSA) is 126 Å².